The third-order valence-electron chi connectivity index (χ3n) is 3.71. The lowest BCUT2D eigenvalue weighted by Gasteiger charge is -2.14. The lowest BCUT2D eigenvalue weighted by molar-refractivity contribution is -0.121. The Labute approximate surface area is 150 Å². The fourth-order valence-corrected chi connectivity index (χ4v) is 3.33. The second-order valence-corrected chi connectivity index (χ2v) is 7.28. The number of nitrogens with one attached hydrogen (secondary N) is 3. The minimum Gasteiger partial charge on any atom is -0.391 e. The first-order valence-corrected chi connectivity index (χ1v) is 8.88. The molecule has 1 aliphatic rings. The molecular weight excluding hydrogens is 380 g/mol. The average Bonchev–Trinajstić information content (AvgIpc) is 2.93. The maximum absolute atomic E-state index is 13.1. The van der Waals surface area contributed by atoms with Crippen molar-refractivity contribution in [1.82, 2.24) is 15.4 Å². The van der Waals surface area contributed by atoms with Crippen molar-refractivity contribution in [2.75, 3.05) is 26.2 Å². The third-order valence-corrected chi connectivity index (χ3v) is 5.17. The first-order valence-electron chi connectivity index (χ1n) is 7.40. The Balaban J connectivity index is 0.00000312. The highest BCUT2D eigenvalue weighted by molar-refractivity contribution is 7.89. The average molecular weight is 400 g/mol. The number of aliphatic hydroxyl groups excluding tert-OH is 1. The Kier molecular flexibility index (Phi) is 8.16. The topological polar surface area (TPSA) is 108 Å². The van der Waals surface area contributed by atoms with E-state index in [1.54, 1.807) is 0 Å². The van der Waals surface area contributed by atoms with Crippen molar-refractivity contribution in [1.29, 1.82) is 0 Å². The normalized spacial score (nSPS) is 20.1. The molecule has 1 heterocycles. The first-order chi connectivity index (χ1) is 11.3. The number of amides is 1. The molecular formula is C14H20ClF2N3O4S. The van der Waals surface area contributed by atoms with Crippen molar-refractivity contribution in [2.24, 2.45) is 5.92 Å². The molecule has 7 nitrogen and oxygen atoms in total. The van der Waals surface area contributed by atoms with Gasteiger partial charge in [-0.1, -0.05) is 0 Å². The summed E-state index contributed by atoms with van der Waals surface area (Å²) in [6.07, 6.45) is -0.628. The number of rotatable bonds is 7. The first kappa shape index (κ1) is 21.7. The molecule has 0 spiro atoms. The molecule has 2 atom stereocenters. The van der Waals surface area contributed by atoms with Crippen LogP contribution in [-0.2, 0) is 14.8 Å². The molecule has 142 valence electrons. The summed E-state index contributed by atoms with van der Waals surface area (Å²) >= 11 is 0. The zero-order chi connectivity index (χ0) is 17.7. The van der Waals surface area contributed by atoms with Crippen LogP contribution in [0.3, 0.4) is 0 Å². The fourth-order valence-electron chi connectivity index (χ4n) is 2.29. The molecule has 2 rings (SSSR count). The quantitative estimate of drug-likeness (QED) is 0.506. The zero-order valence-corrected chi connectivity index (χ0v) is 14.8. The minimum absolute atomic E-state index is 0. The number of aliphatic hydroxyl groups is 1. The summed E-state index contributed by atoms with van der Waals surface area (Å²) in [6.45, 7) is 1.19. The highest BCUT2D eigenvalue weighted by Crippen LogP contribution is 2.13. The monoisotopic (exact) mass is 399 g/mol. The summed E-state index contributed by atoms with van der Waals surface area (Å²) < 4.78 is 51.9. The highest BCUT2D eigenvalue weighted by atomic mass is 35.5. The number of benzene rings is 1. The maximum Gasteiger partial charge on any atom is 0.240 e. The summed E-state index contributed by atoms with van der Waals surface area (Å²) in [7, 11) is -4.02. The van der Waals surface area contributed by atoms with E-state index in [0.717, 1.165) is 12.1 Å². The van der Waals surface area contributed by atoms with Gasteiger partial charge in [0, 0.05) is 38.5 Å². The number of carbonyl (C=O) groups is 1. The lowest BCUT2D eigenvalue weighted by Crippen LogP contribution is -2.36. The van der Waals surface area contributed by atoms with Crippen molar-refractivity contribution in [3.05, 3.63) is 29.8 Å². The van der Waals surface area contributed by atoms with Gasteiger partial charge in [-0.05, 0) is 18.2 Å². The number of hydrogen-bond donors (Lipinski definition) is 4. The van der Waals surface area contributed by atoms with Crippen LogP contribution in [0.1, 0.15) is 6.42 Å². The maximum atomic E-state index is 13.1. The van der Waals surface area contributed by atoms with Crippen LogP contribution in [0.25, 0.3) is 0 Å². The molecule has 0 saturated carbocycles. The molecule has 0 aromatic heterocycles. The number of β-amino-alcohol motifs (C(OH)–C–C–N with tert-alkyl or cyclic N) is 1. The number of carbonyl (C=O) groups excluding carboxylic acids is 1. The van der Waals surface area contributed by atoms with Crippen LogP contribution in [0.5, 0.6) is 0 Å². The Morgan fingerprint density at radius 3 is 2.60 bits per heavy atom. The minimum atomic E-state index is -4.02. The van der Waals surface area contributed by atoms with Crippen LogP contribution in [0.15, 0.2) is 23.1 Å². The summed E-state index contributed by atoms with van der Waals surface area (Å²) in [5, 5.41) is 15.2. The van der Waals surface area contributed by atoms with Crippen LogP contribution in [0.2, 0.25) is 0 Å². The van der Waals surface area contributed by atoms with Gasteiger partial charge in [-0.15, -0.1) is 12.4 Å². The second-order valence-electron chi connectivity index (χ2n) is 5.51. The molecule has 0 bridgehead atoms. The van der Waals surface area contributed by atoms with E-state index in [1.165, 1.54) is 0 Å². The standard InChI is InChI=1S/C14H19F2N3O4S.ClH/c15-11-2-1-10(5-12(11)16)24(22,23)19-4-3-14(21)18-7-9-6-17-8-13(9)20;/h1-2,5,9,13,17,19-20H,3-4,6-8H2,(H,18,21);1H. The van der Waals surface area contributed by atoms with E-state index < -0.39 is 32.7 Å². The van der Waals surface area contributed by atoms with E-state index in [2.05, 4.69) is 15.4 Å². The third kappa shape index (κ3) is 6.15. The number of sulfonamides is 1. The summed E-state index contributed by atoms with van der Waals surface area (Å²) in [5.74, 6) is -2.86. The fraction of sp³-hybridized carbons (Fsp3) is 0.500. The molecule has 25 heavy (non-hydrogen) atoms. The van der Waals surface area contributed by atoms with E-state index in [0.29, 0.717) is 25.7 Å². The smallest absolute Gasteiger partial charge is 0.240 e. The van der Waals surface area contributed by atoms with Gasteiger partial charge in [0.05, 0.1) is 11.0 Å². The van der Waals surface area contributed by atoms with Crippen molar-refractivity contribution in [3.8, 4) is 0 Å². The Hall–Kier alpha value is -1.33. The van der Waals surface area contributed by atoms with E-state index in [-0.39, 0.29) is 37.2 Å². The van der Waals surface area contributed by atoms with Crippen molar-refractivity contribution >= 4 is 28.3 Å². The molecule has 1 amide bonds. The van der Waals surface area contributed by atoms with E-state index in [1.807, 2.05) is 0 Å². The van der Waals surface area contributed by atoms with Crippen molar-refractivity contribution in [3.63, 3.8) is 0 Å². The largest absolute Gasteiger partial charge is 0.391 e. The molecule has 1 aliphatic heterocycles. The van der Waals surface area contributed by atoms with Crippen LogP contribution >= 0.6 is 12.4 Å². The van der Waals surface area contributed by atoms with Crippen LogP contribution in [-0.4, -0.2) is 51.7 Å². The van der Waals surface area contributed by atoms with Gasteiger partial charge in [0.25, 0.3) is 0 Å². The van der Waals surface area contributed by atoms with Gasteiger partial charge in [0.1, 0.15) is 0 Å². The molecule has 1 aromatic rings. The molecule has 0 aliphatic carbocycles. The highest BCUT2D eigenvalue weighted by Gasteiger charge is 2.25. The van der Waals surface area contributed by atoms with E-state index in [9.17, 15) is 27.1 Å². The van der Waals surface area contributed by atoms with Crippen LogP contribution in [0, 0.1) is 17.6 Å². The van der Waals surface area contributed by atoms with Gasteiger partial charge in [-0.3, -0.25) is 4.79 Å². The molecule has 2 unspecified atom stereocenters. The van der Waals surface area contributed by atoms with Crippen LogP contribution in [0.4, 0.5) is 8.78 Å². The van der Waals surface area contributed by atoms with Gasteiger partial charge in [-0.2, -0.15) is 0 Å². The molecule has 1 fully saturated rings. The predicted molar refractivity (Wildman–Crippen MR) is 88.8 cm³/mol. The van der Waals surface area contributed by atoms with Gasteiger partial charge < -0.3 is 15.7 Å². The molecule has 1 saturated heterocycles. The zero-order valence-electron chi connectivity index (χ0n) is 13.2. The Morgan fingerprint density at radius 2 is 2.00 bits per heavy atom. The Bertz CT molecular complexity index is 705. The second kappa shape index (κ2) is 9.39. The summed E-state index contributed by atoms with van der Waals surface area (Å²) in [4.78, 5) is 11.3. The molecule has 1 aromatic carbocycles. The lowest BCUT2D eigenvalue weighted by atomic mass is 10.1. The number of hydrogen-bond acceptors (Lipinski definition) is 5. The van der Waals surface area contributed by atoms with Gasteiger partial charge in [0.2, 0.25) is 15.9 Å². The van der Waals surface area contributed by atoms with Gasteiger partial charge >= 0.3 is 0 Å². The van der Waals surface area contributed by atoms with E-state index in [4.69, 9.17) is 0 Å². The molecule has 4 N–H and O–H groups in total. The summed E-state index contributed by atoms with van der Waals surface area (Å²) in [5.41, 5.74) is 0. The van der Waals surface area contributed by atoms with Gasteiger partial charge in [0.15, 0.2) is 11.6 Å². The van der Waals surface area contributed by atoms with Crippen LogP contribution < -0.4 is 15.4 Å². The SMILES string of the molecule is Cl.O=C(CCNS(=O)(=O)c1ccc(F)c(F)c1)NCC1CNCC1O. The summed E-state index contributed by atoms with van der Waals surface area (Å²) in [6, 6.07) is 2.24. The molecule has 0 radical (unpaired) electrons. The molecule has 11 heteroatoms. The number of halogens is 3. The Morgan fingerprint density at radius 1 is 1.28 bits per heavy atom. The van der Waals surface area contributed by atoms with Gasteiger partial charge in [-0.25, -0.2) is 21.9 Å². The van der Waals surface area contributed by atoms with E-state index >= 15 is 0 Å². The van der Waals surface area contributed by atoms with Crippen molar-refractivity contribution in [2.45, 2.75) is 17.4 Å². The predicted octanol–water partition coefficient (Wildman–Crippen LogP) is -0.249. The van der Waals surface area contributed by atoms with Crippen molar-refractivity contribution < 1.29 is 27.1 Å².